The van der Waals surface area contributed by atoms with Gasteiger partial charge in [0.05, 0.1) is 17.7 Å². The van der Waals surface area contributed by atoms with Gasteiger partial charge in [0, 0.05) is 0 Å². The maximum atomic E-state index is 12.9. The largest absolute Gasteiger partial charge is 0.506 e. The molecule has 0 radical (unpaired) electrons. The van der Waals surface area contributed by atoms with Crippen molar-refractivity contribution in [1.82, 2.24) is 5.32 Å². The first-order chi connectivity index (χ1) is 11.4. The van der Waals surface area contributed by atoms with Crippen molar-refractivity contribution in [3.8, 4) is 5.75 Å². The van der Waals surface area contributed by atoms with Crippen molar-refractivity contribution in [3.63, 3.8) is 0 Å². The number of amides is 1. The summed E-state index contributed by atoms with van der Waals surface area (Å²) in [6.45, 7) is 0. The van der Waals surface area contributed by atoms with Crippen LogP contribution in [0, 0.1) is 13.0 Å². The number of hydrogen-bond donors (Lipinski definition) is 2. The summed E-state index contributed by atoms with van der Waals surface area (Å²) in [5.74, 6) is -0.335. The van der Waals surface area contributed by atoms with Crippen LogP contribution >= 0.6 is 56.9 Å². The maximum absolute atomic E-state index is 12.9. The summed E-state index contributed by atoms with van der Waals surface area (Å²) >= 11 is 5.30. The average Bonchev–Trinajstić information content (AvgIpc) is 2.87. The summed E-state index contributed by atoms with van der Waals surface area (Å²) in [6.07, 6.45) is 1.75. The van der Waals surface area contributed by atoms with Crippen LogP contribution in [0.5, 0.6) is 5.75 Å². The Morgan fingerprint density at radius 1 is 1.17 bits per heavy atom. The molecule has 1 aliphatic rings. The third kappa shape index (κ3) is 4.09. The van der Waals surface area contributed by atoms with Crippen molar-refractivity contribution in [2.24, 2.45) is 4.99 Å². The number of phenols is 1. The number of aliphatic imine (C=N–C) groups is 1. The Kier molecular flexibility index (Phi) is 5.45. The maximum Gasteiger partial charge on any atom is 0.264 e. The van der Waals surface area contributed by atoms with Gasteiger partial charge >= 0.3 is 0 Å². The van der Waals surface area contributed by atoms with Crippen molar-refractivity contribution in [2.45, 2.75) is 0 Å². The van der Waals surface area contributed by atoms with Gasteiger partial charge in [0.1, 0.15) is 11.6 Å². The van der Waals surface area contributed by atoms with Gasteiger partial charge in [0.2, 0.25) is 0 Å². The molecule has 1 saturated heterocycles. The second-order valence-corrected chi connectivity index (χ2v) is 8.15. The molecule has 1 heterocycles. The van der Waals surface area contributed by atoms with E-state index in [1.807, 2.05) is 45.2 Å². The van der Waals surface area contributed by atoms with Gasteiger partial charge in [-0.2, -0.15) is 0 Å². The molecule has 0 bridgehead atoms. The van der Waals surface area contributed by atoms with Gasteiger partial charge in [0.15, 0.2) is 5.17 Å². The Bertz CT molecular complexity index is 859. The molecule has 1 fully saturated rings. The molecular weight excluding hydrogens is 557 g/mol. The van der Waals surface area contributed by atoms with Crippen LogP contribution in [0.15, 0.2) is 46.3 Å². The minimum atomic E-state index is -0.334. The SMILES string of the molecule is O=C1NC(=Nc2ccc(F)cc2)S/C1=C/c1cc(I)c(O)c(I)c1. The summed E-state index contributed by atoms with van der Waals surface area (Å²) in [7, 11) is 0. The topological polar surface area (TPSA) is 61.7 Å². The van der Waals surface area contributed by atoms with Crippen molar-refractivity contribution < 1.29 is 14.3 Å². The van der Waals surface area contributed by atoms with Gasteiger partial charge in [-0.3, -0.25) is 4.79 Å². The normalized spacial score (nSPS) is 17.5. The Morgan fingerprint density at radius 3 is 2.42 bits per heavy atom. The molecule has 8 heteroatoms. The van der Waals surface area contributed by atoms with E-state index in [-0.39, 0.29) is 17.5 Å². The van der Waals surface area contributed by atoms with Crippen LogP contribution in [-0.2, 0) is 4.79 Å². The van der Waals surface area contributed by atoms with Crippen molar-refractivity contribution in [1.29, 1.82) is 0 Å². The minimum Gasteiger partial charge on any atom is -0.506 e. The first-order valence-electron chi connectivity index (χ1n) is 6.65. The van der Waals surface area contributed by atoms with E-state index >= 15 is 0 Å². The van der Waals surface area contributed by atoms with Gasteiger partial charge < -0.3 is 10.4 Å². The molecule has 0 unspecified atom stereocenters. The summed E-state index contributed by atoms with van der Waals surface area (Å²) in [5, 5.41) is 12.9. The van der Waals surface area contributed by atoms with Crippen LogP contribution in [0.25, 0.3) is 6.08 Å². The summed E-state index contributed by atoms with van der Waals surface area (Å²) in [5.41, 5.74) is 1.39. The fraction of sp³-hybridized carbons (Fsp3) is 0. The standard InChI is InChI=1S/C16H9FI2N2O2S/c17-9-1-3-10(4-2-9)20-16-21-15(23)13(24-16)7-8-5-11(18)14(22)12(19)6-8/h1-7,22H,(H,20,21,23)/b13-7+. The van der Waals surface area contributed by atoms with Crippen LogP contribution in [0.3, 0.4) is 0 Å². The molecule has 0 aromatic heterocycles. The minimum absolute atomic E-state index is 0.237. The Morgan fingerprint density at radius 2 is 1.79 bits per heavy atom. The highest BCUT2D eigenvalue weighted by atomic mass is 127. The Labute approximate surface area is 168 Å². The smallest absolute Gasteiger partial charge is 0.264 e. The first kappa shape index (κ1) is 17.7. The third-order valence-electron chi connectivity index (χ3n) is 3.05. The van der Waals surface area contributed by atoms with Gasteiger partial charge in [-0.05, 0) is 105 Å². The molecule has 0 spiro atoms. The third-order valence-corrected chi connectivity index (χ3v) is 5.60. The number of benzene rings is 2. The number of carbonyl (C=O) groups is 1. The van der Waals surface area contributed by atoms with Crippen molar-refractivity contribution in [3.05, 3.63) is 59.8 Å². The number of rotatable bonds is 2. The Balaban J connectivity index is 1.86. The lowest BCUT2D eigenvalue weighted by molar-refractivity contribution is -0.115. The number of hydrogen-bond acceptors (Lipinski definition) is 4. The first-order valence-corrected chi connectivity index (χ1v) is 9.63. The van der Waals surface area contributed by atoms with Crippen LogP contribution in [-0.4, -0.2) is 16.2 Å². The lowest BCUT2D eigenvalue weighted by Gasteiger charge is -2.02. The zero-order valence-electron chi connectivity index (χ0n) is 11.9. The monoisotopic (exact) mass is 566 g/mol. The van der Waals surface area contributed by atoms with Gasteiger partial charge in [-0.25, -0.2) is 9.38 Å². The van der Waals surface area contributed by atoms with Crippen molar-refractivity contribution >= 4 is 79.8 Å². The predicted molar refractivity (Wildman–Crippen MR) is 111 cm³/mol. The fourth-order valence-electron chi connectivity index (χ4n) is 1.93. The molecule has 0 saturated carbocycles. The number of amidine groups is 1. The quantitative estimate of drug-likeness (QED) is 0.412. The van der Waals surface area contributed by atoms with E-state index in [1.165, 1.54) is 23.9 Å². The highest BCUT2D eigenvalue weighted by Gasteiger charge is 2.24. The number of halogens is 3. The molecule has 1 aliphatic heterocycles. The second-order valence-electron chi connectivity index (χ2n) is 4.79. The molecule has 24 heavy (non-hydrogen) atoms. The number of nitrogens with zero attached hydrogens (tertiary/aromatic N) is 1. The van der Waals surface area contributed by atoms with E-state index in [0.717, 1.165) is 12.7 Å². The molecule has 122 valence electrons. The summed E-state index contributed by atoms with van der Waals surface area (Å²) in [4.78, 5) is 16.9. The molecule has 0 aliphatic carbocycles. The van der Waals surface area contributed by atoms with E-state index in [1.54, 1.807) is 30.3 Å². The van der Waals surface area contributed by atoms with E-state index in [4.69, 9.17) is 0 Å². The molecule has 0 atom stereocenters. The Hall–Kier alpha value is -1.14. The summed E-state index contributed by atoms with van der Waals surface area (Å²) in [6, 6.07) is 9.32. The van der Waals surface area contributed by atoms with Gasteiger partial charge in [-0.15, -0.1) is 0 Å². The molecule has 2 N–H and O–H groups in total. The zero-order chi connectivity index (χ0) is 17.3. The highest BCUT2D eigenvalue weighted by Crippen LogP contribution is 2.31. The van der Waals surface area contributed by atoms with Crippen molar-refractivity contribution in [2.75, 3.05) is 0 Å². The van der Waals surface area contributed by atoms with E-state index in [9.17, 15) is 14.3 Å². The van der Waals surface area contributed by atoms with Crippen LogP contribution in [0.4, 0.5) is 10.1 Å². The van der Waals surface area contributed by atoms with E-state index in [2.05, 4.69) is 10.3 Å². The molecular formula is C16H9FI2N2O2S. The molecule has 4 nitrogen and oxygen atoms in total. The lowest BCUT2D eigenvalue weighted by atomic mass is 10.2. The number of phenolic OH excluding ortho intramolecular Hbond substituents is 1. The van der Waals surface area contributed by atoms with E-state index in [0.29, 0.717) is 15.8 Å². The van der Waals surface area contributed by atoms with Crippen LogP contribution in [0.1, 0.15) is 5.56 Å². The number of nitrogens with one attached hydrogen (secondary N) is 1. The number of aromatic hydroxyl groups is 1. The zero-order valence-corrected chi connectivity index (χ0v) is 17.0. The van der Waals surface area contributed by atoms with Crippen LogP contribution in [0.2, 0.25) is 0 Å². The van der Waals surface area contributed by atoms with Crippen LogP contribution < -0.4 is 5.32 Å². The molecule has 3 rings (SSSR count). The lowest BCUT2D eigenvalue weighted by Crippen LogP contribution is -2.19. The van der Waals surface area contributed by atoms with E-state index < -0.39 is 0 Å². The molecule has 2 aromatic rings. The summed E-state index contributed by atoms with van der Waals surface area (Å²) < 4.78 is 14.3. The number of carbonyl (C=O) groups excluding carboxylic acids is 1. The van der Waals surface area contributed by atoms with Gasteiger partial charge in [-0.1, -0.05) is 0 Å². The average molecular weight is 566 g/mol. The molecule has 1 amide bonds. The second kappa shape index (κ2) is 7.40. The fourth-order valence-corrected chi connectivity index (χ4v) is 4.59. The van der Waals surface area contributed by atoms with Gasteiger partial charge in [0.25, 0.3) is 5.91 Å². The molecule has 2 aromatic carbocycles. The number of thioether (sulfide) groups is 1. The highest BCUT2D eigenvalue weighted by molar-refractivity contribution is 14.1. The predicted octanol–water partition coefficient (Wildman–Crippen LogP) is 4.63.